The highest BCUT2D eigenvalue weighted by molar-refractivity contribution is 4.53. The van der Waals surface area contributed by atoms with Crippen molar-refractivity contribution in [2.75, 3.05) is 53.1 Å². The normalized spacial score (nSPS) is 20.4. The maximum atomic E-state index is 5.56. The molecular formula is C12H26NO2+. The number of likely N-dealkylation sites (tertiary alicyclic amines) is 1. The molecule has 1 saturated heterocycles. The van der Waals surface area contributed by atoms with Gasteiger partial charge in [-0.1, -0.05) is 0 Å². The van der Waals surface area contributed by atoms with Gasteiger partial charge in [0.2, 0.25) is 0 Å². The van der Waals surface area contributed by atoms with Gasteiger partial charge in [0, 0.05) is 7.11 Å². The van der Waals surface area contributed by atoms with E-state index in [0.717, 1.165) is 13.2 Å². The number of rotatable bonds is 7. The van der Waals surface area contributed by atoms with Gasteiger partial charge in [-0.15, -0.1) is 0 Å². The van der Waals surface area contributed by atoms with Crippen LogP contribution in [0.5, 0.6) is 0 Å². The van der Waals surface area contributed by atoms with E-state index in [1.54, 1.807) is 7.11 Å². The summed E-state index contributed by atoms with van der Waals surface area (Å²) in [4.78, 5) is 0. The number of hydrogen-bond acceptors (Lipinski definition) is 2. The van der Waals surface area contributed by atoms with E-state index < -0.39 is 0 Å². The third-order valence-electron chi connectivity index (χ3n) is 3.58. The summed E-state index contributed by atoms with van der Waals surface area (Å²) in [6.45, 7) is 9.78. The van der Waals surface area contributed by atoms with Crippen LogP contribution in [0.25, 0.3) is 0 Å². The van der Waals surface area contributed by atoms with Crippen LogP contribution in [-0.2, 0) is 9.47 Å². The van der Waals surface area contributed by atoms with Crippen LogP contribution < -0.4 is 0 Å². The average Bonchev–Trinajstić information content (AvgIpc) is 2.30. The minimum atomic E-state index is 0.714. The Hall–Kier alpha value is -0.120. The van der Waals surface area contributed by atoms with E-state index in [9.17, 15) is 0 Å². The van der Waals surface area contributed by atoms with E-state index in [4.69, 9.17) is 9.47 Å². The molecule has 0 unspecified atom stereocenters. The molecule has 0 spiro atoms. The van der Waals surface area contributed by atoms with Crippen LogP contribution in [0.4, 0.5) is 0 Å². The summed E-state index contributed by atoms with van der Waals surface area (Å²) in [6.07, 6.45) is 4.21. The molecule has 0 atom stereocenters. The Morgan fingerprint density at radius 1 is 1.00 bits per heavy atom. The van der Waals surface area contributed by atoms with Gasteiger partial charge in [0.15, 0.2) is 0 Å². The van der Waals surface area contributed by atoms with E-state index in [2.05, 4.69) is 6.92 Å². The highest BCUT2D eigenvalue weighted by Gasteiger charge is 2.27. The van der Waals surface area contributed by atoms with Gasteiger partial charge in [0.1, 0.15) is 6.54 Å². The second-order valence-corrected chi connectivity index (χ2v) is 4.49. The maximum absolute atomic E-state index is 5.56. The molecule has 0 bridgehead atoms. The molecule has 1 aliphatic heterocycles. The monoisotopic (exact) mass is 216 g/mol. The van der Waals surface area contributed by atoms with Crippen LogP contribution in [0.2, 0.25) is 0 Å². The SMILES string of the molecule is CC[N+]1(CCOCCOC)CCCCC1. The summed E-state index contributed by atoms with van der Waals surface area (Å²) in [6, 6.07) is 0. The molecule has 1 rings (SSSR count). The maximum Gasteiger partial charge on any atom is 0.102 e. The molecule has 0 aromatic rings. The van der Waals surface area contributed by atoms with Crippen molar-refractivity contribution < 1.29 is 14.0 Å². The Kier molecular flexibility index (Phi) is 6.22. The third-order valence-corrected chi connectivity index (χ3v) is 3.58. The zero-order valence-corrected chi connectivity index (χ0v) is 10.3. The molecule has 90 valence electrons. The summed E-state index contributed by atoms with van der Waals surface area (Å²) in [5.74, 6) is 0. The summed E-state index contributed by atoms with van der Waals surface area (Å²) in [5.41, 5.74) is 0. The second-order valence-electron chi connectivity index (χ2n) is 4.49. The van der Waals surface area contributed by atoms with Gasteiger partial charge in [-0.3, -0.25) is 0 Å². The number of ether oxygens (including phenoxy) is 2. The lowest BCUT2D eigenvalue weighted by molar-refractivity contribution is -0.931. The van der Waals surface area contributed by atoms with Crippen molar-refractivity contribution in [3.05, 3.63) is 0 Å². The topological polar surface area (TPSA) is 18.5 Å². The van der Waals surface area contributed by atoms with Crippen LogP contribution in [0.3, 0.4) is 0 Å². The molecule has 3 heteroatoms. The van der Waals surface area contributed by atoms with Gasteiger partial charge in [-0.25, -0.2) is 0 Å². The number of likely N-dealkylation sites (N-methyl/N-ethyl adjacent to an activating group) is 1. The molecule has 0 N–H and O–H groups in total. The molecule has 1 heterocycles. The van der Waals surface area contributed by atoms with Crippen molar-refractivity contribution >= 4 is 0 Å². The first-order valence-electron chi connectivity index (χ1n) is 6.25. The smallest absolute Gasteiger partial charge is 0.102 e. The lowest BCUT2D eigenvalue weighted by Crippen LogP contribution is -2.53. The Labute approximate surface area is 93.9 Å². The van der Waals surface area contributed by atoms with Gasteiger partial charge in [-0.2, -0.15) is 0 Å². The van der Waals surface area contributed by atoms with Crippen molar-refractivity contribution in [1.82, 2.24) is 0 Å². The fourth-order valence-corrected chi connectivity index (χ4v) is 2.38. The standard InChI is InChI=1S/C12H26NO2/c1-3-13(7-5-4-6-8-13)9-10-15-12-11-14-2/h3-12H2,1-2H3/q+1. The van der Waals surface area contributed by atoms with Crippen LogP contribution >= 0.6 is 0 Å². The Morgan fingerprint density at radius 3 is 2.33 bits per heavy atom. The van der Waals surface area contributed by atoms with Crippen LogP contribution in [-0.4, -0.2) is 57.6 Å². The average molecular weight is 216 g/mol. The lowest BCUT2D eigenvalue weighted by Gasteiger charge is -2.40. The fraction of sp³-hybridized carbons (Fsp3) is 1.00. The molecule has 0 amide bonds. The second kappa shape index (κ2) is 7.20. The first-order chi connectivity index (χ1) is 7.33. The quantitative estimate of drug-likeness (QED) is 0.476. The van der Waals surface area contributed by atoms with Gasteiger partial charge in [0.05, 0.1) is 39.5 Å². The molecule has 0 aromatic heterocycles. The minimum absolute atomic E-state index is 0.714. The zero-order valence-electron chi connectivity index (χ0n) is 10.3. The van der Waals surface area contributed by atoms with E-state index in [1.807, 2.05) is 0 Å². The molecule has 3 nitrogen and oxygen atoms in total. The Morgan fingerprint density at radius 2 is 1.73 bits per heavy atom. The van der Waals surface area contributed by atoms with E-state index in [1.165, 1.54) is 49.9 Å². The summed E-state index contributed by atoms with van der Waals surface area (Å²) < 4.78 is 11.8. The molecule has 1 aliphatic rings. The van der Waals surface area contributed by atoms with Gasteiger partial charge < -0.3 is 14.0 Å². The highest BCUT2D eigenvalue weighted by atomic mass is 16.5. The summed E-state index contributed by atoms with van der Waals surface area (Å²) in [7, 11) is 1.72. The van der Waals surface area contributed by atoms with Crippen molar-refractivity contribution in [3.63, 3.8) is 0 Å². The predicted molar refractivity (Wildman–Crippen MR) is 61.9 cm³/mol. The van der Waals surface area contributed by atoms with Crippen molar-refractivity contribution in [2.45, 2.75) is 26.2 Å². The van der Waals surface area contributed by atoms with Crippen LogP contribution in [0.15, 0.2) is 0 Å². The lowest BCUT2D eigenvalue weighted by atomic mass is 10.1. The number of quaternary nitrogens is 1. The molecule has 15 heavy (non-hydrogen) atoms. The van der Waals surface area contributed by atoms with E-state index in [0.29, 0.717) is 6.61 Å². The number of nitrogens with zero attached hydrogens (tertiary/aromatic N) is 1. The predicted octanol–water partition coefficient (Wildman–Crippen LogP) is 1.67. The molecule has 0 aliphatic carbocycles. The Balaban J connectivity index is 2.15. The van der Waals surface area contributed by atoms with Gasteiger partial charge in [0.25, 0.3) is 0 Å². The summed E-state index contributed by atoms with van der Waals surface area (Å²) in [5, 5.41) is 0. The first kappa shape index (κ1) is 12.9. The van der Waals surface area contributed by atoms with Crippen LogP contribution in [0.1, 0.15) is 26.2 Å². The number of piperidine rings is 1. The molecule has 0 saturated carbocycles. The number of hydrogen-bond donors (Lipinski definition) is 0. The minimum Gasteiger partial charge on any atom is -0.382 e. The third kappa shape index (κ3) is 4.49. The largest absolute Gasteiger partial charge is 0.382 e. The van der Waals surface area contributed by atoms with E-state index in [-0.39, 0.29) is 0 Å². The first-order valence-corrected chi connectivity index (χ1v) is 6.25. The molecule has 0 radical (unpaired) electrons. The van der Waals surface area contributed by atoms with Crippen molar-refractivity contribution in [1.29, 1.82) is 0 Å². The molecular weight excluding hydrogens is 190 g/mol. The van der Waals surface area contributed by atoms with E-state index >= 15 is 0 Å². The highest BCUT2D eigenvalue weighted by Crippen LogP contribution is 2.17. The van der Waals surface area contributed by atoms with Gasteiger partial charge >= 0.3 is 0 Å². The zero-order chi connectivity index (χ0) is 11.0. The van der Waals surface area contributed by atoms with Crippen LogP contribution in [0, 0.1) is 0 Å². The Bertz CT molecular complexity index is 156. The van der Waals surface area contributed by atoms with Gasteiger partial charge in [-0.05, 0) is 26.2 Å². The number of methoxy groups -OCH3 is 1. The molecule has 0 aromatic carbocycles. The molecule has 1 fully saturated rings. The van der Waals surface area contributed by atoms with Crippen molar-refractivity contribution in [2.24, 2.45) is 0 Å². The summed E-state index contributed by atoms with van der Waals surface area (Å²) >= 11 is 0. The fourth-order valence-electron chi connectivity index (χ4n) is 2.38. The van der Waals surface area contributed by atoms with Crippen molar-refractivity contribution in [3.8, 4) is 0 Å².